The molecule has 8 nitrogen and oxygen atoms in total. The molecule has 1 aromatic heterocycles. The lowest BCUT2D eigenvalue weighted by Crippen LogP contribution is -2.41. The van der Waals surface area contributed by atoms with Crippen molar-refractivity contribution in [3.63, 3.8) is 0 Å². The van der Waals surface area contributed by atoms with Crippen LogP contribution in [-0.4, -0.2) is 65.6 Å². The predicted molar refractivity (Wildman–Crippen MR) is 136 cm³/mol. The zero-order valence-electron chi connectivity index (χ0n) is 20.9. The third-order valence-corrected chi connectivity index (χ3v) is 6.42. The topological polar surface area (TPSA) is 115 Å². The molecule has 204 valence electrons. The average Bonchev–Trinajstić information content (AvgIpc) is 3.36. The Morgan fingerprint density at radius 1 is 1.08 bits per heavy atom. The molecule has 0 unspecified atom stereocenters. The molecule has 0 radical (unpaired) electrons. The molecule has 4 rings (SSSR count). The fourth-order valence-corrected chi connectivity index (χ4v) is 4.20. The number of nitrogens with zero attached hydrogens (tertiary/aromatic N) is 1. The first-order valence-electron chi connectivity index (χ1n) is 12.2. The molecular weight excluding hydrogens is 501 g/mol. The van der Waals surface area contributed by atoms with E-state index in [1.807, 2.05) is 54.7 Å². The number of aromatic amines is 1. The maximum atomic E-state index is 13.0. The minimum atomic E-state index is -5.08. The van der Waals surface area contributed by atoms with Crippen molar-refractivity contribution in [2.75, 3.05) is 26.7 Å². The van der Waals surface area contributed by atoms with E-state index in [9.17, 15) is 22.8 Å². The number of H-pyrrole nitrogens is 1. The van der Waals surface area contributed by atoms with E-state index in [4.69, 9.17) is 9.90 Å². The molecule has 0 aliphatic carbocycles. The number of aliphatic carboxylic acids is 1. The van der Waals surface area contributed by atoms with Gasteiger partial charge in [-0.15, -0.1) is 0 Å². The van der Waals surface area contributed by atoms with Crippen LogP contribution in [-0.2, 0) is 9.59 Å². The third kappa shape index (κ3) is 8.34. The fourth-order valence-electron chi connectivity index (χ4n) is 4.20. The molecule has 1 fully saturated rings. The van der Waals surface area contributed by atoms with Gasteiger partial charge in [0, 0.05) is 23.8 Å². The Labute approximate surface area is 218 Å². The number of carboxylic acids is 1. The molecule has 11 heteroatoms. The minimum Gasteiger partial charge on any atom is -0.475 e. The number of likely N-dealkylation sites (tertiary alicyclic amines) is 1. The summed E-state index contributed by atoms with van der Waals surface area (Å²) >= 11 is 0. The van der Waals surface area contributed by atoms with Crippen LogP contribution in [0.5, 0.6) is 0 Å². The Balaban J connectivity index is 0.000000505. The molecule has 2 aromatic carbocycles. The van der Waals surface area contributed by atoms with Crippen molar-refractivity contribution >= 4 is 28.7 Å². The van der Waals surface area contributed by atoms with Gasteiger partial charge in [-0.25, -0.2) is 4.79 Å². The maximum absolute atomic E-state index is 13.0. The van der Waals surface area contributed by atoms with Gasteiger partial charge in [0.25, 0.3) is 5.91 Å². The molecule has 3 aromatic rings. The van der Waals surface area contributed by atoms with E-state index < -0.39 is 18.2 Å². The summed E-state index contributed by atoms with van der Waals surface area (Å²) in [6.45, 7) is 2.86. The predicted octanol–water partition coefficient (Wildman–Crippen LogP) is 4.12. The van der Waals surface area contributed by atoms with E-state index in [2.05, 4.69) is 27.6 Å². The zero-order valence-corrected chi connectivity index (χ0v) is 20.9. The number of halogens is 3. The van der Waals surface area contributed by atoms with Crippen molar-refractivity contribution in [1.82, 2.24) is 20.5 Å². The van der Waals surface area contributed by atoms with Gasteiger partial charge in [0.2, 0.25) is 5.91 Å². The summed E-state index contributed by atoms with van der Waals surface area (Å²) in [6, 6.07) is 16.1. The minimum absolute atomic E-state index is 0.173. The lowest BCUT2D eigenvalue weighted by atomic mass is 9.94. The van der Waals surface area contributed by atoms with E-state index in [1.165, 1.54) is 12.8 Å². The van der Waals surface area contributed by atoms with Gasteiger partial charge < -0.3 is 25.6 Å². The van der Waals surface area contributed by atoms with Crippen LogP contribution in [0.1, 0.15) is 41.2 Å². The number of nitrogens with one attached hydrogen (secondary N) is 3. The van der Waals surface area contributed by atoms with E-state index >= 15 is 0 Å². The second-order valence-electron chi connectivity index (χ2n) is 9.23. The van der Waals surface area contributed by atoms with Crippen molar-refractivity contribution in [3.8, 4) is 0 Å². The summed E-state index contributed by atoms with van der Waals surface area (Å²) < 4.78 is 31.7. The van der Waals surface area contributed by atoms with Crippen LogP contribution in [0.2, 0.25) is 0 Å². The Kier molecular flexibility index (Phi) is 9.89. The van der Waals surface area contributed by atoms with Gasteiger partial charge in [0.05, 0.1) is 0 Å². The molecule has 1 saturated heterocycles. The van der Waals surface area contributed by atoms with E-state index in [0.29, 0.717) is 18.0 Å². The summed E-state index contributed by atoms with van der Waals surface area (Å²) in [6.07, 6.45) is 0.0777. The lowest BCUT2D eigenvalue weighted by Gasteiger charge is -2.29. The Hall–Kier alpha value is -3.86. The Morgan fingerprint density at radius 3 is 2.37 bits per heavy atom. The van der Waals surface area contributed by atoms with Crippen LogP contribution in [0.25, 0.3) is 10.9 Å². The monoisotopic (exact) mass is 532 g/mol. The summed E-state index contributed by atoms with van der Waals surface area (Å²) in [5.41, 5.74) is 2.19. The van der Waals surface area contributed by atoms with E-state index in [1.54, 1.807) is 6.07 Å². The van der Waals surface area contributed by atoms with Gasteiger partial charge in [-0.05, 0) is 74.5 Å². The molecule has 38 heavy (non-hydrogen) atoms. The number of carbonyl (C=O) groups excluding carboxylic acids is 2. The molecule has 4 N–H and O–H groups in total. The van der Waals surface area contributed by atoms with Crippen molar-refractivity contribution in [2.45, 2.75) is 31.5 Å². The molecule has 0 bridgehead atoms. The van der Waals surface area contributed by atoms with Crippen molar-refractivity contribution in [2.24, 2.45) is 5.92 Å². The largest absolute Gasteiger partial charge is 0.490 e. The number of benzene rings is 2. The average molecular weight is 533 g/mol. The third-order valence-electron chi connectivity index (χ3n) is 6.42. The number of amides is 2. The van der Waals surface area contributed by atoms with Crippen LogP contribution in [0.3, 0.4) is 0 Å². The first kappa shape index (κ1) is 28.7. The van der Waals surface area contributed by atoms with Crippen molar-refractivity contribution in [1.29, 1.82) is 0 Å². The van der Waals surface area contributed by atoms with Gasteiger partial charge >= 0.3 is 12.1 Å². The van der Waals surface area contributed by atoms with Crippen LogP contribution < -0.4 is 10.6 Å². The van der Waals surface area contributed by atoms with Crippen LogP contribution in [0, 0.1) is 5.92 Å². The zero-order chi connectivity index (χ0) is 27.7. The number of piperidine rings is 1. The number of fused-ring (bicyclic) bond motifs is 1. The van der Waals surface area contributed by atoms with Crippen LogP contribution in [0.15, 0.2) is 60.8 Å². The van der Waals surface area contributed by atoms with Gasteiger partial charge in [0.1, 0.15) is 6.04 Å². The van der Waals surface area contributed by atoms with Gasteiger partial charge in [0.15, 0.2) is 0 Å². The van der Waals surface area contributed by atoms with Crippen LogP contribution >= 0.6 is 0 Å². The Bertz CT molecular complexity index is 1220. The molecule has 1 aliphatic heterocycles. The molecule has 0 spiro atoms. The van der Waals surface area contributed by atoms with Gasteiger partial charge in [-0.3, -0.25) is 9.59 Å². The first-order valence-corrected chi connectivity index (χ1v) is 12.2. The van der Waals surface area contributed by atoms with Crippen molar-refractivity contribution < 1.29 is 32.7 Å². The summed E-state index contributed by atoms with van der Waals surface area (Å²) in [7, 11) is 2.15. The normalized spacial score (nSPS) is 15.3. The highest BCUT2D eigenvalue weighted by Crippen LogP contribution is 2.20. The highest BCUT2D eigenvalue weighted by Gasteiger charge is 2.38. The second-order valence-corrected chi connectivity index (χ2v) is 9.23. The highest BCUT2D eigenvalue weighted by molar-refractivity contribution is 6.00. The molecule has 1 aliphatic rings. The molecular formula is C27H31F3N4O4. The number of alkyl halides is 3. The fraction of sp³-hybridized carbons (Fsp3) is 0.370. The number of aromatic nitrogens is 1. The number of hydrogen-bond donors (Lipinski definition) is 4. The molecule has 1 atom stereocenters. The quantitative estimate of drug-likeness (QED) is 0.366. The van der Waals surface area contributed by atoms with Gasteiger partial charge in [-0.2, -0.15) is 13.2 Å². The summed E-state index contributed by atoms with van der Waals surface area (Å²) in [5, 5.41) is 14.1. The second kappa shape index (κ2) is 13.1. The highest BCUT2D eigenvalue weighted by atomic mass is 19.4. The summed E-state index contributed by atoms with van der Waals surface area (Å²) in [5.74, 6) is -2.55. The van der Waals surface area contributed by atoms with E-state index in [0.717, 1.165) is 36.0 Å². The number of rotatable bonds is 7. The van der Waals surface area contributed by atoms with Gasteiger partial charge in [-0.1, -0.05) is 36.4 Å². The smallest absolute Gasteiger partial charge is 0.475 e. The maximum Gasteiger partial charge on any atom is 0.490 e. The number of carboxylic acid groups (broad SMARTS) is 1. The van der Waals surface area contributed by atoms with E-state index in [-0.39, 0.29) is 11.8 Å². The first-order chi connectivity index (χ1) is 18.0. The molecule has 0 saturated carbocycles. The lowest BCUT2D eigenvalue weighted by molar-refractivity contribution is -0.192. The Morgan fingerprint density at radius 2 is 1.74 bits per heavy atom. The SMILES string of the molecule is CN1CCC(CCNC(=O)[C@H](NC(=O)c2ccc3cc[nH]c3c2)c2ccccc2)CC1.O=C(O)C(F)(F)F. The number of carbonyl (C=O) groups is 3. The van der Waals surface area contributed by atoms with Crippen LogP contribution in [0.4, 0.5) is 13.2 Å². The number of hydrogen-bond acceptors (Lipinski definition) is 4. The standard InChI is InChI=1S/C25H30N4O2.C2HF3O2/c1-29-15-11-18(12-16-29)9-13-27-25(31)23(20-5-3-2-4-6-20)28-24(30)21-8-7-19-10-14-26-22(19)17-21;3-2(4,5)1(6)7/h2-8,10,14,17-18,23,26H,9,11-13,15-16H2,1H3,(H,27,31)(H,28,30);(H,6,7)/t23-;/m1./s1. The summed E-state index contributed by atoms with van der Waals surface area (Å²) in [4.78, 5) is 40.3. The van der Waals surface area contributed by atoms with Crippen molar-refractivity contribution in [3.05, 3.63) is 71.9 Å². The molecule has 2 amide bonds. The molecule has 2 heterocycles.